The highest BCUT2D eigenvalue weighted by Crippen LogP contribution is 2.13. The highest BCUT2D eigenvalue weighted by Gasteiger charge is 2.07. The molecule has 1 aromatic rings. The normalized spacial score (nSPS) is 11.6. The molecular weight excluding hydrogens is 222 g/mol. The maximum Gasteiger partial charge on any atom is 0.203 e. The Morgan fingerprint density at radius 2 is 2.00 bits per heavy atom. The van der Waals surface area contributed by atoms with E-state index in [1.165, 1.54) is 17.8 Å². The number of rotatable bonds is 7. The van der Waals surface area contributed by atoms with Gasteiger partial charge in [-0.3, -0.25) is 4.90 Å². The van der Waals surface area contributed by atoms with Gasteiger partial charge in [-0.15, -0.1) is 10.2 Å². The van der Waals surface area contributed by atoms with Gasteiger partial charge in [-0.2, -0.15) is 0 Å². The quantitative estimate of drug-likeness (QED) is 0.771. The monoisotopic (exact) mass is 243 g/mol. The third kappa shape index (κ3) is 4.87. The average molecular weight is 243 g/mol. The summed E-state index contributed by atoms with van der Waals surface area (Å²) in [4.78, 5) is 4.57. The van der Waals surface area contributed by atoms with Gasteiger partial charge < -0.3 is 10.6 Å². The van der Waals surface area contributed by atoms with Crippen LogP contribution in [0.15, 0.2) is 0 Å². The Morgan fingerprint density at radius 3 is 2.50 bits per heavy atom. The summed E-state index contributed by atoms with van der Waals surface area (Å²) in [6, 6.07) is 0. The summed E-state index contributed by atoms with van der Waals surface area (Å²) in [6.45, 7) is 6.27. The van der Waals surface area contributed by atoms with E-state index in [0.29, 0.717) is 5.13 Å². The fourth-order valence-corrected chi connectivity index (χ4v) is 2.13. The van der Waals surface area contributed by atoms with Gasteiger partial charge in [0.25, 0.3) is 0 Å². The van der Waals surface area contributed by atoms with Crippen molar-refractivity contribution < 1.29 is 0 Å². The van der Waals surface area contributed by atoms with E-state index < -0.39 is 0 Å². The first kappa shape index (κ1) is 13.3. The van der Waals surface area contributed by atoms with Gasteiger partial charge >= 0.3 is 0 Å². The Balaban J connectivity index is 2.31. The van der Waals surface area contributed by atoms with E-state index in [0.717, 1.165) is 31.2 Å². The third-order valence-electron chi connectivity index (χ3n) is 2.37. The van der Waals surface area contributed by atoms with Crippen molar-refractivity contribution in [2.24, 2.45) is 0 Å². The molecule has 1 rings (SSSR count). The van der Waals surface area contributed by atoms with Gasteiger partial charge in [0.05, 0.1) is 6.54 Å². The van der Waals surface area contributed by atoms with Crippen LogP contribution in [-0.2, 0) is 6.54 Å². The molecule has 0 fully saturated rings. The first-order valence-corrected chi connectivity index (χ1v) is 6.38. The van der Waals surface area contributed by atoms with Crippen LogP contribution < -0.4 is 5.73 Å². The number of aromatic nitrogens is 2. The number of nitrogens with zero attached hydrogens (tertiary/aromatic N) is 4. The van der Waals surface area contributed by atoms with Crippen LogP contribution in [0.3, 0.4) is 0 Å². The average Bonchev–Trinajstić information content (AvgIpc) is 2.62. The molecule has 2 N–H and O–H groups in total. The lowest BCUT2D eigenvalue weighted by atomic mass is 10.3. The molecule has 0 radical (unpaired) electrons. The fourth-order valence-electron chi connectivity index (χ4n) is 1.48. The lowest BCUT2D eigenvalue weighted by molar-refractivity contribution is 0.258. The van der Waals surface area contributed by atoms with E-state index in [1.807, 2.05) is 0 Å². The van der Waals surface area contributed by atoms with Gasteiger partial charge in [0.15, 0.2) is 0 Å². The summed E-state index contributed by atoms with van der Waals surface area (Å²) < 4.78 is 0. The molecule has 6 heteroatoms. The molecule has 0 aliphatic heterocycles. The Labute approximate surface area is 101 Å². The summed E-state index contributed by atoms with van der Waals surface area (Å²) in [5, 5.41) is 9.42. The molecule has 0 atom stereocenters. The highest BCUT2D eigenvalue weighted by atomic mass is 32.1. The van der Waals surface area contributed by atoms with E-state index in [2.05, 4.69) is 41.0 Å². The molecule has 1 heterocycles. The standard InChI is InChI=1S/C10H21N5S/c1-4-15(7-5-6-14(2)3)8-9-12-13-10(11)16-9/h4-8H2,1-3H3,(H2,11,13). The van der Waals surface area contributed by atoms with Gasteiger partial charge in [0.2, 0.25) is 5.13 Å². The number of nitrogen functional groups attached to an aromatic ring is 1. The molecule has 0 bridgehead atoms. The molecular formula is C10H21N5S. The summed E-state index contributed by atoms with van der Waals surface area (Å²) in [5.74, 6) is 0. The summed E-state index contributed by atoms with van der Waals surface area (Å²) >= 11 is 1.47. The van der Waals surface area contributed by atoms with Gasteiger partial charge in [0.1, 0.15) is 5.01 Å². The highest BCUT2D eigenvalue weighted by molar-refractivity contribution is 7.15. The number of anilines is 1. The first-order chi connectivity index (χ1) is 7.61. The van der Waals surface area contributed by atoms with Gasteiger partial charge in [-0.05, 0) is 40.2 Å². The number of nitrogens with two attached hydrogens (primary N) is 1. The minimum Gasteiger partial charge on any atom is -0.374 e. The molecule has 0 spiro atoms. The van der Waals surface area contributed by atoms with Crippen LogP contribution in [-0.4, -0.2) is 53.7 Å². The zero-order valence-electron chi connectivity index (χ0n) is 10.3. The molecule has 0 amide bonds. The lowest BCUT2D eigenvalue weighted by Gasteiger charge is -2.19. The summed E-state index contributed by atoms with van der Waals surface area (Å²) in [6.07, 6.45) is 1.18. The van der Waals surface area contributed by atoms with Crippen molar-refractivity contribution >= 4 is 16.5 Å². The molecule has 1 aromatic heterocycles. The smallest absolute Gasteiger partial charge is 0.203 e. The van der Waals surface area contributed by atoms with Crippen LogP contribution in [0.2, 0.25) is 0 Å². The molecule has 16 heavy (non-hydrogen) atoms. The zero-order valence-corrected chi connectivity index (χ0v) is 11.1. The lowest BCUT2D eigenvalue weighted by Crippen LogP contribution is -2.26. The van der Waals surface area contributed by atoms with E-state index >= 15 is 0 Å². The van der Waals surface area contributed by atoms with Crippen LogP contribution in [0.5, 0.6) is 0 Å². The summed E-state index contributed by atoms with van der Waals surface area (Å²) in [7, 11) is 4.20. The second kappa shape index (κ2) is 6.78. The molecule has 0 aromatic carbocycles. The second-order valence-electron chi connectivity index (χ2n) is 4.06. The van der Waals surface area contributed by atoms with Crippen LogP contribution in [0, 0.1) is 0 Å². The molecule has 0 aliphatic rings. The maximum absolute atomic E-state index is 5.56. The minimum absolute atomic E-state index is 0.555. The SMILES string of the molecule is CCN(CCCN(C)C)Cc1nnc(N)s1. The minimum atomic E-state index is 0.555. The molecule has 5 nitrogen and oxygen atoms in total. The molecule has 92 valence electrons. The van der Waals surface area contributed by atoms with Crippen molar-refractivity contribution in [3.63, 3.8) is 0 Å². The van der Waals surface area contributed by atoms with Gasteiger partial charge in [-0.25, -0.2) is 0 Å². The topological polar surface area (TPSA) is 58.3 Å². The van der Waals surface area contributed by atoms with Crippen molar-refractivity contribution in [2.45, 2.75) is 19.9 Å². The van der Waals surface area contributed by atoms with E-state index in [9.17, 15) is 0 Å². The number of hydrogen-bond acceptors (Lipinski definition) is 6. The van der Waals surface area contributed by atoms with Crippen molar-refractivity contribution in [1.82, 2.24) is 20.0 Å². The molecule has 0 saturated carbocycles. The van der Waals surface area contributed by atoms with Crippen molar-refractivity contribution in [3.8, 4) is 0 Å². The van der Waals surface area contributed by atoms with Crippen molar-refractivity contribution in [1.29, 1.82) is 0 Å². The summed E-state index contributed by atoms with van der Waals surface area (Å²) in [5.41, 5.74) is 5.56. The largest absolute Gasteiger partial charge is 0.374 e. The molecule has 0 saturated heterocycles. The Kier molecular flexibility index (Phi) is 5.65. The van der Waals surface area contributed by atoms with Gasteiger partial charge in [0, 0.05) is 0 Å². The Morgan fingerprint density at radius 1 is 1.25 bits per heavy atom. The van der Waals surface area contributed by atoms with Crippen molar-refractivity contribution in [2.75, 3.05) is 39.5 Å². The van der Waals surface area contributed by atoms with E-state index in [-0.39, 0.29) is 0 Å². The first-order valence-electron chi connectivity index (χ1n) is 5.56. The van der Waals surface area contributed by atoms with Crippen LogP contribution in [0.1, 0.15) is 18.4 Å². The maximum atomic E-state index is 5.56. The fraction of sp³-hybridized carbons (Fsp3) is 0.800. The molecule has 0 unspecified atom stereocenters. The Hall–Kier alpha value is -0.720. The Bertz CT molecular complexity index is 299. The van der Waals surface area contributed by atoms with E-state index in [4.69, 9.17) is 5.73 Å². The van der Waals surface area contributed by atoms with Crippen LogP contribution in [0.25, 0.3) is 0 Å². The molecule has 0 aliphatic carbocycles. The third-order valence-corrected chi connectivity index (χ3v) is 3.11. The van der Waals surface area contributed by atoms with Crippen LogP contribution >= 0.6 is 11.3 Å². The predicted octanol–water partition coefficient (Wildman–Crippen LogP) is 0.894. The zero-order chi connectivity index (χ0) is 12.0. The van der Waals surface area contributed by atoms with E-state index in [1.54, 1.807) is 0 Å². The van der Waals surface area contributed by atoms with Gasteiger partial charge in [-0.1, -0.05) is 18.3 Å². The predicted molar refractivity (Wildman–Crippen MR) is 68.4 cm³/mol. The van der Waals surface area contributed by atoms with Crippen LogP contribution in [0.4, 0.5) is 5.13 Å². The second-order valence-corrected chi connectivity index (χ2v) is 5.15. The number of hydrogen-bond donors (Lipinski definition) is 1. The van der Waals surface area contributed by atoms with Crippen molar-refractivity contribution in [3.05, 3.63) is 5.01 Å².